The Morgan fingerprint density at radius 2 is 1.73 bits per heavy atom. The van der Waals surface area contributed by atoms with Crippen LogP contribution >= 0.6 is 11.8 Å². The van der Waals surface area contributed by atoms with E-state index in [1.54, 1.807) is 0 Å². The average molecular weight is 311 g/mol. The predicted molar refractivity (Wildman–Crippen MR) is 93.1 cm³/mol. The zero-order chi connectivity index (χ0) is 15.2. The highest BCUT2D eigenvalue weighted by atomic mass is 32.2. The summed E-state index contributed by atoms with van der Waals surface area (Å²) in [5.41, 5.74) is 2.16. The summed E-state index contributed by atoms with van der Waals surface area (Å²) in [6.07, 6.45) is 2.31. The van der Waals surface area contributed by atoms with Gasteiger partial charge in [0.2, 0.25) is 5.12 Å². The molecule has 2 nitrogen and oxygen atoms in total. The molecule has 2 aromatic carbocycles. The van der Waals surface area contributed by atoms with E-state index in [-0.39, 0.29) is 5.12 Å². The first-order valence-electron chi connectivity index (χ1n) is 7.83. The van der Waals surface area contributed by atoms with E-state index in [0.717, 1.165) is 31.6 Å². The summed E-state index contributed by atoms with van der Waals surface area (Å²) in [4.78, 5) is 14.8. The Morgan fingerprint density at radius 1 is 1.05 bits per heavy atom. The van der Waals surface area contributed by atoms with Crippen molar-refractivity contribution < 1.29 is 4.79 Å². The summed E-state index contributed by atoms with van der Waals surface area (Å²) in [5, 5.41) is 0.609. The van der Waals surface area contributed by atoms with Gasteiger partial charge in [-0.3, -0.25) is 9.69 Å². The summed E-state index contributed by atoms with van der Waals surface area (Å²) >= 11 is 1.51. The van der Waals surface area contributed by atoms with Gasteiger partial charge in [-0.05, 0) is 24.9 Å². The fourth-order valence-electron chi connectivity index (χ4n) is 2.89. The van der Waals surface area contributed by atoms with E-state index in [9.17, 15) is 4.79 Å². The maximum Gasteiger partial charge on any atom is 0.219 e. The third-order valence-electron chi connectivity index (χ3n) is 3.99. The number of carbonyl (C=O) groups excluding carboxylic acids is 1. The van der Waals surface area contributed by atoms with Crippen molar-refractivity contribution in [3.8, 4) is 0 Å². The number of nitrogens with zero attached hydrogens (tertiary/aromatic N) is 1. The average Bonchev–Trinajstić information content (AvgIpc) is 2.57. The number of hydrogen-bond donors (Lipinski definition) is 0. The summed E-state index contributed by atoms with van der Waals surface area (Å²) in [7, 11) is 0. The maximum absolute atomic E-state index is 12.3. The predicted octanol–water partition coefficient (Wildman–Crippen LogP) is 4.22. The second-order valence-electron chi connectivity index (χ2n) is 5.76. The zero-order valence-corrected chi connectivity index (χ0v) is 13.5. The Hall–Kier alpha value is -1.58. The molecule has 3 heteroatoms. The van der Waals surface area contributed by atoms with Gasteiger partial charge in [0.25, 0.3) is 0 Å². The molecule has 0 N–H and O–H groups in total. The molecular formula is C19H21NOS. The first kappa shape index (κ1) is 15.3. The summed E-state index contributed by atoms with van der Waals surface area (Å²) in [5.74, 6) is 0. The normalized spacial score (nSPS) is 19.0. The second-order valence-corrected chi connectivity index (χ2v) is 7.03. The van der Waals surface area contributed by atoms with Crippen molar-refractivity contribution in [3.63, 3.8) is 0 Å². The van der Waals surface area contributed by atoms with Crippen LogP contribution in [0.1, 0.15) is 28.8 Å². The Kier molecular flexibility index (Phi) is 5.30. The van der Waals surface area contributed by atoms with Crippen molar-refractivity contribution in [3.05, 3.63) is 71.8 Å². The Balaban J connectivity index is 1.55. The molecule has 1 aliphatic rings. The fourth-order valence-corrected chi connectivity index (χ4v) is 4.03. The molecule has 114 valence electrons. The van der Waals surface area contributed by atoms with Gasteiger partial charge in [0.1, 0.15) is 0 Å². The minimum absolute atomic E-state index is 0.201. The maximum atomic E-state index is 12.3. The molecule has 0 amide bonds. The number of thioether (sulfide) groups is 1. The van der Waals surface area contributed by atoms with E-state index in [0.29, 0.717) is 5.25 Å². The molecule has 1 atom stereocenters. The summed E-state index contributed by atoms with van der Waals surface area (Å²) in [6.45, 7) is 3.11. The van der Waals surface area contributed by atoms with Gasteiger partial charge in [-0.2, -0.15) is 0 Å². The monoisotopic (exact) mass is 311 g/mol. The molecule has 0 saturated carbocycles. The molecule has 0 spiro atoms. The highest BCUT2D eigenvalue weighted by molar-refractivity contribution is 8.14. The summed E-state index contributed by atoms with van der Waals surface area (Å²) < 4.78 is 0. The highest BCUT2D eigenvalue weighted by Crippen LogP contribution is 2.26. The van der Waals surface area contributed by atoms with Gasteiger partial charge < -0.3 is 0 Å². The van der Waals surface area contributed by atoms with Crippen molar-refractivity contribution in [2.24, 2.45) is 0 Å². The molecule has 0 aliphatic carbocycles. The van der Waals surface area contributed by atoms with Gasteiger partial charge >= 0.3 is 0 Å². The van der Waals surface area contributed by atoms with Crippen molar-refractivity contribution in [1.82, 2.24) is 4.90 Å². The van der Waals surface area contributed by atoms with Gasteiger partial charge in [0.15, 0.2) is 0 Å². The molecule has 2 aromatic rings. The van der Waals surface area contributed by atoms with Crippen molar-refractivity contribution >= 4 is 16.9 Å². The molecular weight excluding hydrogens is 290 g/mol. The minimum atomic E-state index is 0.201. The number of carbonyl (C=O) groups is 1. The lowest BCUT2D eigenvalue weighted by Crippen LogP contribution is -2.36. The Morgan fingerprint density at radius 3 is 2.45 bits per heavy atom. The molecule has 0 bridgehead atoms. The zero-order valence-electron chi connectivity index (χ0n) is 12.7. The van der Waals surface area contributed by atoms with E-state index in [4.69, 9.17) is 0 Å². The third-order valence-corrected chi connectivity index (χ3v) is 5.16. The molecule has 1 saturated heterocycles. The molecule has 1 heterocycles. The lowest BCUT2D eigenvalue weighted by atomic mass is 10.1. The number of piperidine rings is 1. The van der Waals surface area contributed by atoms with Crippen LogP contribution in [-0.4, -0.2) is 28.4 Å². The largest absolute Gasteiger partial charge is 0.298 e. The van der Waals surface area contributed by atoms with Crippen molar-refractivity contribution in [2.75, 3.05) is 13.1 Å². The van der Waals surface area contributed by atoms with Crippen molar-refractivity contribution in [2.45, 2.75) is 24.6 Å². The molecule has 0 radical (unpaired) electrons. The van der Waals surface area contributed by atoms with E-state index in [1.165, 1.54) is 23.7 Å². The molecule has 1 unspecified atom stereocenters. The lowest BCUT2D eigenvalue weighted by molar-refractivity contribution is 0.108. The van der Waals surface area contributed by atoms with Crippen LogP contribution in [0.15, 0.2) is 60.7 Å². The molecule has 22 heavy (non-hydrogen) atoms. The van der Waals surface area contributed by atoms with Crippen LogP contribution in [0.4, 0.5) is 0 Å². The molecule has 0 aromatic heterocycles. The molecule has 1 aliphatic heterocycles. The number of hydrogen-bond acceptors (Lipinski definition) is 3. The minimum Gasteiger partial charge on any atom is -0.298 e. The SMILES string of the molecule is O=C(SC1CCCN(Cc2ccccc2)C1)c1ccccc1. The van der Waals surface area contributed by atoms with Crippen LogP contribution in [-0.2, 0) is 6.54 Å². The first-order valence-corrected chi connectivity index (χ1v) is 8.71. The standard InChI is InChI=1S/C19H21NOS/c21-19(17-10-5-2-6-11-17)22-18-12-7-13-20(15-18)14-16-8-3-1-4-9-16/h1-6,8-11,18H,7,12-15H2. The molecule has 1 fully saturated rings. The molecule has 3 rings (SSSR count). The van der Waals surface area contributed by atoms with Crippen LogP contribution < -0.4 is 0 Å². The van der Waals surface area contributed by atoms with E-state index in [2.05, 4.69) is 35.2 Å². The van der Waals surface area contributed by atoms with Crippen LogP contribution in [0.5, 0.6) is 0 Å². The second kappa shape index (κ2) is 7.61. The van der Waals surface area contributed by atoms with Gasteiger partial charge in [-0.1, -0.05) is 72.4 Å². The summed E-state index contributed by atoms with van der Waals surface area (Å²) in [6, 6.07) is 20.2. The number of benzene rings is 2. The van der Waals surface area contributed by atoms with Crippen LogP contribution in [0, 0.1) is 0 Å². The van der Waals surface area contributed by atoms with Gasteiger partial charge in [0.05, 0.1) is 0 Å². The van der Waals surface area contributed by atoms with E-state index in [1.807, 2.05) is 30.3 Å². The third kappa shape index (κ3) is 4.21. The topological polar surface area (TPSA) is 20.3 Å². The highest BCUT2D eigenvalue weighted by Gasteiger charge is 2.23. The van der Waals surface area contributed by atoms with Crippen molar-refractivity contribution in [1.29, 1.82) is 0 Å². The van der Waals surface area contributed by atoms with Gasteiger partial charge in [-0.15, -0.1) is 0 Å². The van der Waals surface area contributed by atoms with E-state index >= 15 is 0 Å². The van der Waals surface area contributed by atoms with Crippen LogP contribution in [0.2, 0.25) is 0 Å². The van der Waals surface area contributed by atoms with Crippen LogP contribution in [0.25, 0.3) is 0 Å². The van der Waals surface area contributed by atoms with Gasteiger partial charge in [0, 0.05) is 23.9 Å². The number of likely N-dealkylation sites (tertiary alicyclic amines) is 1. The first-order chi connectivity index (χ1) is 10.8. The smallest absolute Gasteiger partial charge is 0.219 e. The Labute approximate surface area is 136 Å². The van der Waals surface area contributed by atoms with Crippen LogP contribution in [0.3, 0.4) is 0 Å². The lowest BCUT2D eigenvalue weighted by Gasteiger charge is -2.32. The Bertz CT molecular complexity index is 599. The number of rotatable bonds is 4. The fraction of sp³-hybridized carbons (Fsp3) is 0.316. The van der Waals surface area contributed by atoms with E-state index < -0.39 is 0 Å². The quantitative estimate of drug-likeness (QED) is 0.843. The van der Waals surface area contributed by atoms with Gasteiger partial charge in [-0.25, -0.2) is 0 Å².